The summed E-state index contributed by atoms with van der Waals surface area (Å²) < 4.78 is 27.5. The standard InChI is InChI=1S/C13H26N2O4S/c1-20(17,18)10-7-13(16)15-8-2-9-19-12-5-3-11(14)4-6-12/h11-12H,2-10,14H2,1H3,(H,15,16). The summed E-state index contributed by atoms with van der Waals surface area (Å²) in [6, 6.07) is 0.323. The molecule has 0 heterocycles. The molecule has 0 saturated heterocycles. The van der Waals surface area contributed by atoms with Crippen LogP contribution in [0.15, 0.2) is 0 Å². The van der Waals surface area contributed by atoms with Gasteiger partial charge in [-0.25, -0.2) is 8.42 Å². The number of ether oxygens (including phenoxy) is 1. The van der Waals surface area contributed by atoms with Gasteiger partial charge in [0, 0.05) is 31.9 Å². The number of sulfone groups is 1. The van der Waals surface area contributed by atoms with Gasteiger partial charge in [-0.05, 0) is 32.1 Å². The second-order valence-electron chi connectivity index (χ2n) is 5.49. The molecule has 0 radical (unpaired) electrons. The second-order valence-corrected chi connectivity index (χ2v) is 7.75. The summed E-state index contributed by atoms with van der Waals surface area (Å²) in [5.41, 5.74) is 5.82. The van der Waals surface area contributed by atoms with E-state index in [2.05, 4.69) is 5.32 Å². The Morgan fingerprint density at radius 2 is 1.95 bits per heavy atom. The molecule has 0 aliphatic heterocycles. The SMILES string of the molecule is CS(=O)(=O)CCC(=O)NCCCOC1CCC(N)CC1. The first-order valence-corrected chi connectivity index (χ1v) is 9.24. The molecule has 0 unspecified atom stereocenters. The van der Waals surface area contributed by atoms with Crippen LogP contribution in [0, 0.1) is 0 Å². The first-order valence-electron chi connectivity index (χ1n) is 7.18. The molecule has 1 aliphatic rings. The first-order chi connectivity index (χ1) is 9.37. The summed E-state index contributed by atoms with van der Waals surface area (Å²) in [5, 5.41) is 2.70. The van der Waals surface area contributed by atoms with E-state index in [1.807, 2.05) is 0 Å². The van der Waals surface area contributed by atoms with E-state index in [0.717, 1.165) is 38.4 Å². The van der Waals surface area contributed by atoms with E-state index in [1.54, 1.807) is 0 Å². The molecular weight excluding hydrogens is 280 g/mol. The fourth-order valence-corrected chi connectivity index (χ4v) is 2.73. The average molecular weight is 306 g/mol. The van der Waals surface area contributed by atoms with Crippen molar-refractivity contribution in [3.05, 3.63) is 0 Å². The Bertz CT molecular complexity index is 389. The third-order valence-electron chi connectivity index (χ3n) is 3.42. The number of nitrogens with one attached hydrogen (secondary N) is 1. The fraction of sp³-hybridized carbons (Fsp3) is 0.923. The normalized spacial score (nSPS) is 23.5. The Balaban J connectivity index is 1.98. The van der Waals surface area contributed by atoms with Gasteiger partial charge in [0.2, 0.25) is 5.91 Å². The Labute approximate surface area is 121 Å². The van der Waals surface area contributed by atoms with E-state index in [0.29, 0.717) is 25.3 Å². The van der Waals surface area contributed by atoms with E-state index in [4.69, 9.17) is 10.5 Å². The van der Waals surface area contributed by atoms with Crippen molar-refractivity contribution >= 4 is 15.7 Å². The highest BCUT2D eigenvalue weighted by molar-refractivity contribution is 7.90. The minimum Gasteiger partial charge on any atom is -0.378 e. The smallest absolute Gasteiger partial charge is 0.221 e. The summed E-state index contributed by atoms with van der Waals surface area (Å²) in [6.07, 6.45) is 6.27. The van der Waals surface area contributed by atoms with E-state index in [-0.39, 0.29) is 18.1 Å². The van der Waals surface area contributed by atoms with Crippen LogP contribution < -0.4 is 11.1 Å². The zero-order valence-electron chi connectivity index (χ0n) is 12.1. The van der Waals surface area contributed by atoms with Crippen LogP contribution in [0.5, 0.6) is 0 Å². The monoisotopic (exact) mass is 306 g/mol. The van der Waals surface area contributed by atoms with Gasteiger partial charge < -0.3 is 15.8 Å². The third-order valence-corrected chi connectivity index (χ3v) is 4.36. The minimum atomic E-state index is -3.07. The lowest BCUT2D eigenvalue weighted by Crippen LogP contribution is -2.31. The molecule has 0 atom stereocenters. The van der Waals surface area contributed by atoms with Gasteiger partial charge in [0.25, 0.3) is 0 Å². The molecule has 0 aromatic rings. The first kappa shape index (κ1) is 17.4. The molecule has 0 bridgehead atoms. The average Bonchev–Trinajstić information content (AvgIpc) is 2.37. The number of hydrogen-bond acceptors (Lipinski definition) is 5. The lowest BCUT2D eigenvalue weighted by molar-refractivity contribution is -0.120. The summed E-state index contributed by atoms with van der Waals surface area (Å²) in [7, 11) is -3.07. The zero-order chi connectivity index (χ0) is 15.0. The van der Waals surface area contributed by atoms with Crippen LogP contribution in [0.1, 0.15) is 38.5 Å². The Morgan fingerprint density at radius 1 is 1.30 bits per heavy atom. The quantitative estimate of drug-likeness (QED) is 0.625. The highest BCUT2D eigenvalue weighted by Gasteiger charge is 2.18. The molecule has 0 aromatic heterocycles. The Kier molecular flexibility index (Phi) is 7.47. The van der Waals surface area contributed by atoms with Crippen molar-refractivity contribution in [2.24, 2.45) is 5.73 Å². The topological polar surface area (TPSA) is 98.5 Å². The van der Waals surface area contributed by atoms with Gasteiger partial charge in [-0.15, -0.1) is 0 Å². The molecule has 0 spiro atoms. The summed E-state index contributed by atoms with van der Waals surface area (Å²) >= 11 is 0. The van der Waals surface area contributed by atoms with Crippen molar-refractivity contribution < 1.29 is 17.9 Å². The van der Waals surface area contributed by atoms with Gasteiger partial charge in [-0.1, -0.05) is 0 Å². The Morgan fingerprint density at radius 3 is 2.55 bits per heavy atom. The molecule has 118 valence electrons. The molecule has 1 saturated carbocycles. The third kappa shape index (κ3) is 8.50. The van der Waals surface area contributed by atoms with Crippen LogP contribution in [-0.4, -0.2) is 51.6 Å². The molecule has 1 fully saturated rings. The molecule has 7 heteroatoms. The van der Waals surface area contributed by atoms with Crippen LogP contribution in [0.3, 0.4) is 0 Å². The van der Waals surface area contributed by atoms with Gasteiger partial charge >= 0.3 is 0 Å². The molecule has 1 aliphatic carbocycles. The maximum atomic E-state index is 11.4. The van der Waals surface area contributed by atoms with Gasteiger partial charge in [-0.2, -0.15) is 0 Å². The lowest BCUT2D eigenvalue weighted by Gasteiger charge is -2.26. The Hall–Kier alpha value is -0.660. The van der Waals surface area contributed by atoms with E-state index < -0.39 is 9.84 Å². The van der Waals surface area contributed by atoms with Crippen LogP contribution in [0.25, 0.3) is 0 Å². The molecule has 0 aromatic carbocycles. The largest absolute Gasteiger partial charge is 0.378 e. The van der Waals surface area contributed by atoms with Crippen molar-refractivity contribution in [2.75, 3.05) is 25.2 Å². The maximum Gasteiger partial charge on any atom is 0.221 e. The number of amides is 1. The van der Waals surface area contributed by atoms with E-state index >= 15 is 0 Å². The van der Waals surface area contributed by atoms with E-state index in [9.17, 15) is 13.2 Å². The number of carbonyl (C=O) groups is 1. The zero-order valence-corrected chi connectivity index (χ0v) is 13.0. The predicted molar refractivity (Wildman–Crippen MR) is 78.1 cm³/mol. The summed E-state index contributed by atoms with van der Waals surface area (Å²) in [6.45, 7) is 1.14. The van der Waals surface area contributed by atoms with Crippen molar-refractivity contribution in [1.29, 1.82) is 0 Å². The summed E-state index contributed by atoms with van der Waals surface area (Å²) in [5.74, 6) is -0.323. The fourth-order valence-electron chi connectivity index (χ4n) is 2.17. The van der Waals surface area contributed by atoms with Crippen LogP contribution >= 0.6 is 0 Å². The van der Waals surface area contributed by atoms with Gasteiger partial charge in [0.1, 0.15) is 9.84 Å². The van der Waals surface area contributed by atoms with Crippen LogP contribution in [-0.2, 0) is 19.4 Å². The number of nitrogens with two attached hydrogens (primary N) is 1. The predicted octanol–water partition coefficient (Wildman–Crippen LogP) is 0.214. The van der Waals surface area contributed by atoms with Crippen LogP contribution in [0.2, 0.25) is 0 Å². The molecule has 20 heavy (non-hydrogen) atoms. The molecule has 1 rings (SSSR count). The van der Waals surface area contributed by atoms with Crippen molar-refractivity contribution in [2.45, 2.75) is 50.7 Å². The summed E-state index contributed by atoms with van der Waals surface area (Å²) in [4.78, 5) is 11.4. The molecule has 1 amide bonds. The maximum absolute atomic E-state index is 11.4. The molecular formula is C13H26N2O4S. The highest BCUT2D eigenvalue weighted by Crippen LogP contribution is 2.19. The lowest BCUT2D eigenvalue weighted by atomic mass is 9.94. The number of carbonyl (C=O) groups excluding carboxylic acids is 1. The van der Waals surface area contributed by atoms with Gasteiger partial charge in [0.15, 0.2) is 0 Å². The number of rotatable bonds is 8. The number of hydrogen-bond donors (Lipinski definition) is 2. The van der Waals surface area contributed by atoms with Crippen molar-refractivity contribution in [3.63, 3.8) is 0 Å². The molecule has 6 nitrogen and oxygen atoms in total. The highest BCUT2D eigenvalue weighted by atomic mass is 32.2. The van der Waals surface area contributed by atoms with E-state index in [1.165, 1.54) is 0 Å². The van der Waals surface area contributed by atoms with Crippen molar-refractivity contribution in [1.82, 2.24) is 5.32 Å². The molecule has 3 N–H and O–H groups in total. The van der Waals surface area contributed by atoms with Gasteiger partial charge in [0.05, 0.1) is 11.9 Å². The van der Waals surface area contributed by atoms with Gasteiger partial charge in [-0.3, -0.25) is 4.79 Å². The van der Waals surface area contributed by atoms with Crippen LogP contribution in [0.4, 0.5) is 0 Å². The minimum absolute atomic E-state index is 0.0280. The second kappa shape index (κ2) is 8.59. The van der Waals surface area contributed by atoms with Crippen molar-refractivity contribution in [3.8, 4) is 0 Å².